The number of benzene rings is 2. The monoisotopic (exact) mass is 657 g/mol. The van der Waals surface area contributed by atoms with Crippen molar-refractivity contribution in [1.82, 2.24) is 15.1 Å². The Hall–Kier alpha value is -2.99. The minimum Gasteiger partial charge on any atom is -0.465 e. The molecule has 0 bridgehead atoms. The lowest BCUT2D eigenvalue weighted by Gasteiger charge is -2.40. The number of ether oxygens (including phenoxy) is 2. The third kappa shape index (κ3) is 8.67. The van der Waals surface area contributed by atoms with E-state index in [1.807, 2.05) is 37.3 Å². The van der Waals surface area contributed by atoms with Gasteiger partial charge in [0.25, 0.3) is 0 Å². The Kier molecular flexibility index (Phi) is 11.9. The number of carbonyl (C=O) groups excluding carboxylic acids is 1. The lowest BCUT2D eigenvalue weighted by molar-refractivity contribution is -0.0338. The molecule has 2 aromatic rings. The number of amides is 3. The van der Waals surface area contributed by atoms with Gasteiger partial charge in [-0.15, -0.1) is 0 Å². The first-order valence-corrected chi connectivity index (χ1v) is 19.3. The molecule has 254 valence electrons. The van der Waals surface area contributed by atoms with Crippen LogP contribution in [0.5, 0.6) is 0 Å². The van der Waals surface area contributed by atoms with Crippen molar-refractivity contribution in [2.24, 2.45) is 0 Å². The molecule has 2 aliphatic heterocycles. The summed E-state index contributed by atoms with van der Waals surface area (Å²) in [6, 6.07) is 12.4. The standard InChI is InChI=1S/C35H52FN3O6Si/c1-24-12-10-13-25(20-24)32-27(15-11-16-28(32)36)26(14-8-9-18-43-5)30-22-38(17-19-44-30)34(42)39-21-29(37-33(40)41)31(23-39)45-46(6,7)35(2,3)4/h10-13,15-16,20,26,29-31,37H,8-9,14,17-19,21-23H2,1-7H3,(H,40,41)/t26?,29-,30-,31-/m1/s1. The predicted octanol–water partition coefficient (Wildman–Crippen LogP) is 6.86. The normalized spacial score (nSPS) is 21.3. The minimum absolute atomic E-state index is 0.0674. The van der Waals surface area contributed by atoms with Crippen LogP contribution in [0.3, 0.4) is 0 Å². The number of nitrogens with one attached hydrogen (secondary N) is 1. The smallest absolute Gasteiger partial charge is 0.405 e. The zero-order valence-electron chi connectivity index (χ0n) is 28.5. The van der Waals surface area contributed by atoms with Gasteiger partial charge >= 0.3 is 12.1 Å². The fraction of sp³-hybridized carbons (Fsp3) is 0.600. The van der Waals surface area contributed by atoms with Gasteiger partial charge in [-0.05, 0) is 55.1 Å². The number of hydrogen-bond acceptors (Lipinski definition) is 5. The fourth-order valence-electron chi connectivity index (χ4n) is 6.30. The molecule has 2 saturated heterocycles. The zero-order chi connectivity index (χ0) is 33.6. The van der Waals surface area contributed by atoms with Crippen molar-refractivity contribution in [3.8, 4) is 11.1 Å². The van der Waals surface area contributed by atoms with Gasteiger partial charge in [0.2, 0.25) is 0 Å². The molecule has 0 spiro atoms. The molecule has 0 saturated carbocycles. The molecule has 11 heteroatoms. The van der Waals surface area contributed by atoms with Crippen LogP contribution >= 0.6 is 0 Å². The molecule has 1 unspecified atom stereocenters. The number of methoxy groups -OCH3 is 1. The maximum absolute atomic E-state index is 15.6. The van der Waals surface area contributed by atoms with E-state index in [2.05, 4.69) is 39.2 Å². The molecular formula is C35H52FN3O6Si. The predicted molar refractivity (Wildman–Crippen MR) is 180 cm³/mol. The van der Waals surface area contributed by atoms with Gasteiger partial charge in [0.05, 0.1) is 24.9 Å². The molecule has 2 aromatic carbocycles. The Morgan fingerprint density at radius 1 is 1.11 bits per heavy atom. The number of rotatable bonds is 11. The molecule has 3 amide bonds. The van der Waals surface area contributed by atoms with E-state index in [1.54, 1.807) is 23.0 Å². The van der Waals surface area contributed by atoms with Crippen LogP contribution in [-0.2, 0) is 13.9 Å². The summed E-state index contributed by atoms with van der Waals surface area (Å²) in [6.45, 7) is 15.0. The van der Waals surface area contributed by atoms with E-state index in [-0.39, 0.29) is 35.5 Å². The summed E-state index contributed by atoms with van der Waals surface area (Å²) >= 11 is 0. The summed E-state index contributed by atoms with van der Waals surface area (Å²) in [5, 5.41) is 12.1. The van der Waals surface area contributed by atoms with Gasteiger partial charge < -0.3 is 34.1 Å². The molecule has 2 fully saturated rings. The van der Waals surface area contributed by atoms with Gasteiger partial charge in [0, 0.05) is 51.4 Å². The van der Waals surface area contributed by atoms with Crippen LogP contribution in [0.25, 0.3) is 11.1 Å². The van der Waals surface area contributed by atoms with Crippen molar-refractivity contribution in [2.45, 2.75) is 89.3 Å². The summed E-state index contributed by atoms with van der Waals surface area (Å²) in [5.41, 5.74) is 3.31. The Labute approximate surface area is 274 Å². The second kappa shape index (κ2) is 15.3. The molecule has 0 aliphatic carbocycles. The average Bonchev–Trinajstić information content (AvgIpc) is 3.36. The van der Waals surface area contributed by atoms with E-state index in [0.29, 0.717) is 38.4 Å². The molecule has 2 heterocycles. The average molecular weight is 658 g/mol. The van der Waals surface area contributed by atoms with Gasteiger partial charge in [0.15, 0.2) is 8.32 Å². The maximum atomic E-state index is 15.6. The Balaban J connectivity index is 1.58. The van der Waals surface area contributed by atoms with E-state index in [1.165, 1.54) is 6.07 Å². The van der Waals surface area contributed by atoms with Gasteiger partial charge in [-0.2, -0.15) is 0 Å². The number of urea groups is 1. The molecule has 0 radical (unpaired) electrons. The summed E-state index contributed by atoms with van der Waals surface area (Å²) in [5.74, 6) is -0.441. The third-order valence-electron chi connectivity index (χ3n) is 9.78. The first-order valence-electron chi connectivity index (χ1n) is 16.4. The van der Waals surface area contributed by atoms with E-state index < -0.39 is 26.6 Å². The second-order valence-electron chi connectivity index (χ2n) is 14.2. The first kappa shape index (κ1) is 35.9. The van der Waals surface area contributed by atoms with Crippen molar-refractivity contribution in [2.75, 3.05) is 46.5 Å². The van der Waals surface area contributed by atoms with Crippen LogP contribution in [0.1, 0.15) is 57.1 Å². The number of halogens is 1. The van der Waals surface area contributed by atoms with E-state index in [0.717, 1.165) is 36.0 Å². The summed E-state index contributed by atoms with van der Waals surface area (Å²) in [7, 11) is -0.550. The maximum Gasteiger partial charge on any atom is 0.405 e. The molecule has 2 N–H and O–H groups in total. The Bertz CT molecular complexity index is 1350. The third-order valence-corrected chi connectivity index (χ3v) is 14.3. The summed E-state index contributed by atoms with van der Waals surface area (Å²) in [6.07, 6.45) is 0.548. The van der Waals surface area contributed by atoms with Gasteiger partial charge in [0.1, 0.15) is 5.82 Å². The number of nitrogens with zero attached hydrogens (tertiary/aromatic N) is 2. The molecule has 4 rings (SSSR count). The molecule has 0 aromatic heterocycles. The van der Waals surface area contributed by atoms with Crippen LogP contribution in [0.2, 0.25) is 18.1 Å². The summed E-state index contributed by atoms with van der Waals surface area (Å²) in [4.78, 5) is 29.2. The number of aryl methyl sites for hydroxylation is 1. The van der Waals surface area contributed by atoms with Crippen molar-refractivity contribution in [3.63, 3.8) is 0 Å². The van der Waals surface area contributed by atoms with Crippen molar-refractivity contribution in [3.05, 3.63) is 59.4 Å². The second-order valence-corrected chi connectivity index (χ2v) is 18.9. The van der Waals surface area contributed by atoms with Crippen molar-refractivity contribution in [1.29, 1.82) is 0 Å². The number of morpholine rings is 1. The van der Waals surface area contributed by atoms with Crippen LogP contribution in [0.15, 0.2) is 42.5 Å². The number of unbranched alkanes of at least 4 members (excludes halogenated alkanes) is 1. The lowest BCUT2D eigenvalue weighted by atomic mass is 9.82. The quantitative estimate of drug-likeness (QED) is 0.202. The van der Waals surface area contributed by atoms with Crippen LogP contribution in [0, 0.1) is 12.7 Å². The number of likely N-dealkylation sites (tertiary alicyclic amines) is 1. The Morgan fingerprint density at radius 3 is 2.52 bits per heavy atom. The topological polar surface area (TPSA) is 101 Å². The first-order chi connectivity index (χ1) is 21.7. The highest BCUT2D eigenvalue weighted by atomic mass is 28.4. The van der Waals surface area contributed by atoms with Crippen LogP contribution < -0.4 is 5.32 Å². The van der Waals surface area contributed by atoms with Gasteiger partial charge in [-0.1, -0.05) is 69.2 Å². The van der Waals surface area contributed by atoms with E-state index in [9.17, 15) is 14.7 Å². The lowest BCUT2D eigenvalue weighted by Crippen LogP contribution is -2.52. The van der Waals surface area contributed by atoms with E-state index in [4.69, 9.17) is 13.9 Å². The van der Waals surface area contributed by atoms with Crippen LogP contribution in [0.4, 0.5) is 14.0 Å². The summed E-state index contributed by atoms with van der Waals surface area (Å²) < 4.78 is 33.9. The highest BCUT2D eigenvalue weighted by Crippen LogP contribution is 2.40. The number of hydrogen-bond donors (Lipinski definition) is 2. The molecule has 4 atom stereocenters. The van der Waals surface area contributed by atoms with Crippen molar-refractivity contribution < 1.29 is 33.0 Å². The largest absolute Gasteiger partial charge is 0.465 e. The number of carbonyl (C=O) groups is 2. The zero-order valence-corrected chi connectivity index (χ0v) is 29.5. The fourth-order valence-corrected chi connectivity index (χ4v) is 7.65. The highest BCUT2D eigenvalue weighted by Gasteiger charge is 2.46. The van der Waals surface area contributed by atoms with Crippen LogP contribution in [-0.4, -0.2) is 100 Å². The molecule has 2 aliphatic rings. The molecule has 9 nitrogen and oxygen atoms in total. The van der Waals surface area contributed by atoms with Gasteiger partial charge in [-0.3, -0.25) is 0 Å². The SMILES string of the molecule is COCCCCC(c1cccc(F)c1-c1cccc(C)c1)[C@H]1CN(C(=O)N2C[C@@H](NC(=O)O)[C@H](O[Si](C)(C)C(C)(C)C)C2)CCO1. The molecule has 46 heavy (non-hydrogen) atoms. The Morgan fingerprint density at radius 2 is 1.85 bits per heavy atom. The van der Waals surface area contributed by atoms with Crippen molar-refractivity contribution >= 4 is 20.4 Å². The number of carboxylic acid groups (broad SMARTS) is 1. The highest BCUT2D eigenvalue weighted by molar-refractivity contribution is 6.74. The minimum atomic E-state index is -2.23. The molecular weight excluding hydrogens is 605 g/mol. The van der Waals surface area contributed by atoms with Gasteiger partial charge in [-0.25, -0.2) is 14.0 Å². The van der Waals surface area contributed by atoms with E-state index >= 15 is 4.39 Å².